The molecular weight excluding hydrogens is 621 g/mol. The molecule has 0 amide bonds. The van der Waals surface area contributed by atoms with E-state index < -0.39 is 0 Å². The fourth-order valence-electron chi connectivity index (χ4n) is 7.46. The molecule has 0 spiro atoms. The largest absolute Gasteiger partial charge is 0.336 e. The molecule has 4 heteroatoms. The van der Waals surface area contributed by atoms with Crippen LogP contribution < -0.4 is 0 Å². The number of rotatable bonds is 7. The van der Waals surface area contributed by atoms with Gasteiger partial charge in [0.2, 0.25) is 0 Å². The number of aromatic nitrogens is 2. The molecule has 0 radical (unpaired) electrons. The summed E-state index contributed by atoms with van der Waals surface area (Å²) in [5.41, 5.74) is 12.6. The van der Waals surface area contributed by atoms with Crippen molar-refractivity contribution in [3.05, 3.63) is 167 Å². The molecule has 240 valence electrons. The predicted octanol–water partition coefficient (Wildman–Crippen LogP) is 11.2. The minimum absolute atomic E-state index is 0.492. The second-order valence-corrected chi connectivity index (χ2v) is 12.7. The summed E-state index contributed by atoms with van der Waals surface area (Å²) < 4.78 is 4.60. The van der Waals surface area contributed by atoms with Gasteiger partial charge in [-0.15, -0.1) is 12.3 Å². The first-order chi connectivity index (χ1) is 25.1. The Kier molecular flexibility index (Phi) is 8.02. The molecule has 8 aromatic rings. The van der Waals surface area contributed by atoms with E-state index in [0.29, 0.717) is 24.1 Å². The number of para-hydroxylation sites is 4. The lowest BCUT2D eigenvalue weighted by atomic mass is 9.90. The number of hydrogen-bond donors (Lipinski definition) is 0. The Morgan fingerprint density at radius 2 is 1.31 bits per heavy atom. The van der Waals surface area contributed by atoms with E-state index >= 15 is 0 Å². The van der Waals surface area contributed by atoms with Gasteiger partial charge in [-0.25, -0.2) is 0 Å². The van der Waals surface area contributed by atoms with Crippen molar-refractivity contribution in [3.8, 4) is 52.4 Å². The van der Waals surface area contributed by atoms with Crippen LogP contribution in [0.3, 0.4) is 0 Å². The quantitative estimate of drug-likeness (QED) is 0.161. The van der Waals surface area contributed by atoms with Gasteiger partial charge < -0.3 is 9.13 Å². The average molecular weight is 653 g/mol. The molecule has 2 heterocycles. The van der Waals surface area contributed by atoms with Crippen molar-refractivity contribution in [3.63, 3.8) is 0 Å². The van der Waals surface area contributed by atoms with E-state index in [1.165, 1.54) is 16.3 Å². The summed E-state index contributed by atoms with van der Waals surface area (Å²) in [5, 5.41) is 23.9. The first-order valence-electron chi connectivity index (χ1n) is 16.9. The van der Waals surface area contributed by atoms with E-state index in [4.69, 9.17) is 6.42 Å². The summed E-state index contributed by atoms with van der Waals surface area (Å²) in [6, 6.07) is 50.5. The van der Waals surface area contributed by atoms with Crippen molar-refractivity contribution >= 4 is 38.8 Å². The number of nitriles is 2. The highest BCUT2D eigenvalue weighted by Crippen LogP contribution is 2.40. The topological polar surface area (TPSA) is 57.4 Å². The number of fused-ring (bicyclic) bond motifs is 4. The molecule has 0 saturated carbocycles. The fraction of sp³-hybridized carbons (Fsp3) is 0.0638. The van der Waals surface area contributed by atoms with Crippen LogP contribution in [0.5, 0.6) is 0 Å². The fourth-order valence-corrected chi connectivity index (χ4v) is 7.46. The second kappa shape index (κ2) is 13.1. The van der Waals surface area contributed by atoms with Gasteiger partial charge in [-0.3, -0.25) is 0 Å². The summed E-state index contributed by atoms with van der Waals surface area (Å²) in [7, 11) is 0. The highest BCUT2D eigenvalue weighted by atomic mass is 15.0. The standard InChI is InChI=1S/C47H32N4/c1-3-4-5-18-43-32(2)37-14-6-10-19-44(37)50(43)31-36-28-34(24-25-35(36)30-49)42-27-33(29-48)23-26-38(42)39-15-7-11-20-45(39)51-46-21-12-8-16-40(46)41-17-9-13-22-47(41)51/h1,5-28H,4,31H2,2H3/b18-5-. The SMILES string of the molecule is C#CC/C=C\c1c(C)c2ccccc2n1Cc1cc(-c2cc(C#N)ccc2-c2ccccc2-n2c3ccccc3c3ccccc32)ccc1C#N. The zero-order valence-electron chi connectivity index (χ0n) is 28.1. The Morgan fingerprint density at radius 3 is 2.02 bits per heavy atom. The van der Waals surface area contributed by atoms with E-state index in [0.717, 1.165) is 61.1 Å². The van der Waals surface area contributed by atoms with Crippen LogP contribution in [0.4, 0.5) is 0 Å². The van der Waals surface area contributed by atoms with Gasteiger partial charge in [-0.1, -0.05) is 91.0 Å². The normalized spacial score (nSPS) is 11.3. The molecule has 0 unspecified atom stereocenters. The van der Waals surface area contributed by atoms with Crippen LogP contribution in [0.25, 0.3) is 66.7 Å². The first kappa shape index (κ1) is 31.2. The van der Waals surface area contributed by atoms with Gasteiger partial charge in [-0.05, 0) is 89.3 Å². The molecule has 0 saturated heterocycles. The first-order valence-corrected chi connectivity index (χ1v) is 16.9. The highest BCUT2D eigenvalue weighted by molar-refractivity contribution is 6.10. The number of hydrogen-bond acceptors (Lipinski definition) is 2. The molecule has 0 aliphatic carbocycles. The van der Waals surface area contributed by atoms with Crippen LogP contribution in [0.15, 0.2) is 140 Å². The van der Waals surface area contributed by atoms with Gasteiger partial charge in [0, 0.05) is 45.9 Å². The van der Waals surface area contributed by atoms with E-state index in [-0.39, 0.29) is 0 Å². The number of terminal acetylenes is 1. The third-order valence-corrected chi connectivity index (χ3v) is 9.81. The van der Waals surface area contributed by atoms with Crippen molar-refractivity contribution in [2.75, 3.05) is 0 Å². The second-order valence-electron chi connectivity index (χ2n) is 12.7. The Labute approximate surface area is 297 Å². The van der Waals surface area contributed by atoms with Crippen LogP contribution in [0.1, 0.15) is 34.4 Å². The van der Waals surface area contributed by atoms with Crippen LogP contribution in [-0.4, -0.2) is 9.13 Å². The van der Waals surface area contributed by atoms with Crippen LogP contribution in [0, 0.1) is 41.9 Å². The van der Waals surface area contributed by atoms with Crippen LogP contribution in [0.2, 0.25) is 0 Å². The number of aryl methyl sites for hydroxylation is 1. The summed E-state index contributed by atoms with van der Waals surface area (Å²) in [5.74, 6) is 2.70. The Balaban J connectivity index is 1.32. The molecule has 0 N–H and O–H groups in total. The van der Waals surface area contributed by atoms with Crippen LogP contribution in [-0.2, 0) is 6.54 Å². The van der Waals surface area contributed by atoms with Gasteiger partial charge in [0.25, 0.3) is 0 Å². The minimum atomic E-state index is 0.492. The predicted molar refractivity (Wildman–Crippen MR) is 209 cm³/mol. The molecule has 0 aliphatic heterocycles. The highest BCUT2D eigenvalue weighted by Gasteiger charge is 2.19. The summed E-state index contributed by atoms with van der Waals surface area (Å²) in [6.45, 7) is 2.62. The molecular formula is C47H32N4. The molecule has 0 atom stereocenters. The van der Waals surface area contributed by atoms with Gasteiger partial charge in [0.15, 0.2) is 0 Å². The van der Waals surface area contributed by atoms with Crippen molar-refractivity contribution in [1.82, 2.24) is 9.13 Å². The lowest BCUT2D eigenvalue weighted by Gasteiger charge is -2.18. The van der Waals surface area contributed by atoms with Crippen molar-refractivity contribution in [2.24, 2.45) is 0 Å². The van der Waals surface area contributed by atoms with Crippen molar-refractivity contribution in [1.29, 1.82) is 10.5 Å². The molecule has 6 aromatic carbocycles. The van der Waals surface area contributed by atoms with E-state index in [9.17, 15) is 10.5 Å². The zero-order chi connectivity index (χ0) is 34.9. The number of nitrogens with zero attached hydrogens (tertiary/aromatic N) is 4. The maximum Gasteiger partial charge on any atom is 0.0995 e. The zero-order valence-corrected chi connectivity index (χ0v) is 28.1. The summed E-state index contributed by atoms with van der Waals surface area (Å²) in [6.07, 6.45) is 10.2. The molecule has 0 bridgehead atoms. The lowest BCUT2D eigenvalue weighted by Crippen LogP contribution is -2.05. The van der Waals surface area contributed by atoms with Crippen molar-refractivity contribution < 1.29 is 0 Å². The third kappa shape index (κ3) is 5.35. The minimum Gasteiger partial charge on any atom is -0.336 e. The van der Waals surface area contributed by atoms with Gasteiger partial charge >= 0.3 is 0 Å². The Morgan fingerprint density at radius 1 is 0.647 bits per heavy atom. The van der Waals surface area contributed by atoms with E-state index in [2.05, 4.69) is 143 Å². The molecule has 0 fully saturated rings. The third-order valence-electron chi connectivity index (χ3n) is 9.81. The van der Waals surface area contributed by atoms with Crippen LogP contribution >= 0.6 is 0 Å². The van der Waals surface area contributed by atoms with Gasteiger partial charge in [-0.2, -0.15) is 10.5 Å². The lowest BCUT2D eigenvalue weighted by molar-refractivity contribution is 0.822. The Hall–Kier alpha value is -7.06. The van der Waals surface area contributed by atoms with Crippen molar-refractivity contribution in [2.45, 2.75) is 19.9 Å². The average Bonchev–Trinajstić information content (AvgIpc) is 3.65. The summed E-state index contributed by atoms with van der Waals surface area (Å²) in [4.78, 5) is 0. The maximum atomic E-state index is 10.3. The van der Waals surface area contributed by atoms with Gasteiger partial charge in [0.05, 0.1) is 40.0 Å². The number of allylic oxidation sites excluding steroid dienone is 1. The van der Waals surface area contributed by atoms with E-state index in [1.807, 2.05) is 36.4 Å². The molecule has 8 rings (SSSR count). The summed E-state index contributed by atoms with van der Waals surface area (Å²) >= 11 is 0. The monoisotopic (exact) mass is 652 g/mol. The molecule has 51 heavy (non-hydrogen) atoms. The maximum absolute atomic E-state index is 10.3. The molecule has 2 aromatic heterocycles. The number of benzene rings is 6. The van der Waals surface area contributed by atoms with E-state index in [1.54, 1.807) is 0 Å². The Bertz CT molecular complexity index is 2750. The van der Waals surface area contributed by atoms with Gasteiger partial charge in [0.1, 0.15) is 0 Å². The smallest absolute Gasteiger partial charge is 0.0995 e. The molecule has 4 nitrogen and oxygen atoms in total. The molecule has 0 aliphatic rings.